The summed E-state index contributed by atoms with van der Waals surface area (Å²) >= 11 is 1.77. The molecule has 0 saturated heterocycles. The number of rotatable bonds is 7. The molecule has 0 aliphatic rings. The van der Waals surface area contributed by atoms with E-state index in [0.717, 1.165) is 12.2 Å². The Morgan fingerprint density at radius 1 is 1.39 bits per heavy atom. The number of carbonyl (C=O) groups is 1. The molecule has 5 nitrogen and oxygen atoms in total. The maximum absolute atomic E-state index is 10.3. The van der Waals surface area contributed by atoms with E-state index in [0.29, 0.717) is 24.6 Å². The van der Waals surface area contributed by atoms with Gasteiger partial charge in [-0.3, -0.25) is 4.79 Å². The van der Waals surface area contributed by atoms with Gasteiger partial charge in [0, 0.05) is 17.6 Å². The molecular weight excluding hydrogens is 252 g/mol. The van der Waals surface area contributed by atoms with Crippen molar-refractivity contribution in [2.75, 3.05) is 0 Å². The molecule has 1 aromatic rings. The first kappa shape index (κ1) is 15.0. The summed E-state index contributed by atoms with van der Waals surface area (Å²) in [6.07, 6.45) is 2.26. The zero-order valence-corrected chi connectivity index (χ0v) is 11.9. The summed E-state index contributed by atoms with van der Waals surface area (Å²) < 4.78 is 5.30. The molecule has 1 rings (SSSR count). The van der Waals surface area contributed by atoms with Crippen molar-refractivity contribution >= 4 is 17.7 Å². The number of hydrogen-bond acceptors (Lipinski definition) is 5. The van der Waals surface area contributed by atoms with Gasteiger partial charge in [0.15, 0.2) is 5.82 Å². The zero-order valence-electron chi connectivity index (χ0n) is 11.1. The summed E-state index contributed by atoms with van der Waals surface area (Å²) in [6, 6.07) is 0. The van der Waals surface area contributed by atoms with E-state index < -0.39 is 5.97 Å². The third-order valence-electron chi connectivity index (χ3n) is 2.18. The molecule has 1 aromatic heterocycles. The number of carboxylic acids is 1. The summed E-state index contributed by atoms with van der Waals surface area (Å²) in [5, 5.41) is 12.4. The number of aliphatic carboxylic acids is 1. The first-order chi connectivity index (χ1) is 8.37. The van der Waals surface area contributed by atoms with Crippen LogP contribution in [-0.2, 0) is 17.0 Å². The molecular formula is C12H20N2O3S. The maximum atomic E-state index is 10.3. The molecule has 1 N–H and O–H groups in total. The van der Waals surface area contributed by atoms with E-state index in [1.165, 1.54) is 0 Å². The fraction of sp³-hybridized carbons (Fsp3) is 0.750. The normalized spacial score (nSPS) is 11.7. The molecule has 0 atom stereocenters. The molecule has 0 spiro atoms. The van der Waals surface area contributed by atoms with E-state index in [1.807, 2.05) is 0 Å². The number of thioether (sulfide) groups is 1. The van der Waals surface area contributed by atoms with Gasteiger partial charge in [-0.2, -0.15) is 4.98 Å². The Hall–Kier alpha value is -1.04. The van der Waals surface area contributed by atoms with E-state index in [9.17, 15) is 4.79 Å². The fourth-order valence-corrected chi connectivity index (χ4v) is 1.96. The van der Waals surface area contributed by atoms with Crippen LogP contribution in [0.25, 0.3) is 0 Å². The first-order valence-corrected chi connectivity index (χ1v) is 7.02. The summed E-state index contributed by atoms with van der Waals surface area (Å²) in [5.74, 6) is 1.29. The molecule has 6 heteroatoms. The van der Waals surface area contributed by atoms with Gasteiger partial charge in [-0.05, 0) is 12.8 Å². The number of unbranched alkanes of at least 4 members (excludes halogenated alkanes) is 1. The van der Waals surface area contributed by atoms with Crippen LogP contribution >= 0.6 is 11.8 Å². The second-order valence-corrected chi connectivity index (χ2v) is 6.91. The van der Waals surface area contributed by atoms with Crippen LogP contribution in [0.15, 0.2) is 4.52 Å². The molecule has 0 bridgehead atoms. The van der Waals surface area contributed by atoms with Crippen molar-refractivity contribution in [3.63, 3.8) is 0 Å². The highest BCUT2D eigenvalue weighted by atomic mass is 32.2. The summed E-state index contributed by atoms with van der Waals surface area (Å²) in [5.41, 5.74) is 0. The van der Waals surface area contributed by atoms with Crippen molar-refractivity contribution < 1.29 is 14.4 Å². The van der Waals surface area contributed by atoms with Crippen LogP contribution in [0, 0.1) is 0 Å². The number of aromatic nitrogens is 2. The summed E-state index contributed by atoms with van der Waals surface area (Å²) in [4.78, 5) is 14.6. The second-order valence-electron chi connectivity index (χ2n) is 5.11. The number of aryl methyl sites for hydroxylation is 1. The van der Waals surface area contributed by atoms with Gasteiger partial charge < -0.3 is 9.63 Å². The lowest BCUT2D eigenvalue weighted by molar-refractivity contribution is -0.137. The van der Waals surface area contributed by atoms with Crippen molar-refractivity contribution in [1.29, 1.82) is 0 Å². The van der Waals surface area contributed by atoms with E-state index in [4.69, 9.17) is 9.63 Å². The minimum absolute atomic E-state index is 0.183. The Bertz CT molecular complexity index is 385. The quantitative estimate of drug-likeness (QED) is 0.769. The van der Waals surface area contributed by atoms with Crippen LogP contribution in [0.3, 0.4) is 0 Å². The SMILES string of the molecule is CC(C)(C)SCc1noc(CCCCC(=O)O)n1. The van der Waals surface area contributed by atoms with Crippen molar-refractivity contribution in [3.05, 3.63) is 11.7 Å². The van der Waals surface area contributed by atoms with Crippen molar-refractivity contribution in [1.82, 2.24) is 10.1 Å². The van der Waals surface area contributed by atoms with Gasteiger partial charge in [0.05, 0.1) is 5.75 Å². The number of hydrogen-bond donors (Lipinski definition) is 1. The third kappa shape index (κ3) is 6.64. The average molecular weight is 272 g/mol. The lowest BCUT2D eigenvalue weighted by atomic mass is 10.2. The van der Waals surface area contributed by atoms with E-state index >= 15 is 0 Å². The molecule has 1 heterocycles. The van der Waals surface area contributed by atoms with Gasteiger partial charge in [-0.15, -0.1) is 11.8 Å². The molecule has 0 fully saturated rings. The summed E-state index contributed by atoms with van der Waals surface area (Å²) in [7, 11) is 0. The molecule has 0 radical (unpaired) electrons. The second kappa shape index (κ2) is 6.78. The third-order valence-corrected chi connectivity index (χ3v) is 3.44. The lowest BCUT2D eigenvalue weighted by Crippen LogP contribution is -2.07. The van der Waals surface area contributed by atoms with Gasteiger partial charge in [0.1, 0.15) is 0 Å². The first-order valence-electron chi connectivity index (χ1n) is 6.04. The molecule has 0 amide bonds. The Labute approximate surface area is 111 Å². The van der Waals surface area contributed by atoms with Crippen molar-refractivity contribution in [2.45, 2.75) is 57.0 Å². The van der Waals surface area contributed by atoms with Crippen LogP contribution in [0.4, 0.5) is 0 Å². The molecule has 18 heavy (non-hydrogen) atoms. The lowest BCUT2D eigenvalue weighted by Gasteiger charge is -2.15. The Morgan fingerprint density at radius 3 is 2.72 bits per heavy atom. The smallest absolute Gasteiger partial charge is 0.303 e. The van der Waals surface area contributed by atoms with Crippen molar-refractivity contribution in [2.24, 2.45) is 0 Å². The molecule has 0 aliphatic heterocycles. The highest BCUT2D eigenvalue weighted by Gasteiger charge is 2.13. The summed E-state index contributed by atoms with van der Waals surface area (Å²) in [6.45, 7) is 6.43. The van der Waals surface area contributed by atoms with Gasteiger partial charge in [0.25, 0.3) is 0 Å². The van der Waals surface area contributed by atoms with Crippen LogP contribution in [0.1, 0.15) is 51.7 Å². The van der Waals surface area contributed by atoms with Gasteiger partial charge in [-0.1, -0.05) is 25.9 Å². The Kier molecular flexibility index (Phi) is 5.65. The predicted octanol–water partition coefficient (Wildman–Crippen LogP) is 2.90. The van der Waals surface area contributed by atoms with Crippen LogP contribution in [-0.4, -0.2) is 26.0 Å². The maximum Gasteiger partial charge on any atom is 0.303 e. The van der Waals surface area contributed by atoms with Gasteiger partial charge in [0.2, 0.25) is 5.89 Å². The standard InChI is InChI=1S/C12H20N2O3S/c1-12(2,3)18-8-9-13-10(17-14-9)6-4-5-7-11(15)16/h4-8H2,1-3H3,(H,15,16). The largest absolute Gasteiger partial charge is 0.481 e. The number of nitrogens with zero attached hydrogens (tertiary/aromatic N) is 2. The van der Waals surface area contributed by atoms with Gasteiger partial charge >= 0.3 is 5.97 Å². The molecule has 0 unspecified atom stereocenters. The highest BCUT2D eigenvalue weighted by Crippen LogP contribution is 2.26. The Balaban J connectivity index is 2.28. The van der Waals surface area contributed by atoms with Crippen LogP contribution in [0.2, 0.25) is 0 Å². The minimum atomic E-state index is -0.761. The van der Waals surface area contributed by atoms with E-state index in [-0.39, 0.29) is 11.2 Å². The highest BCUT2D eigenvalue weighted by molar-refractivity contribution is 7.99. The zero-order chi connectivity index (χ0) is 13.6. The molecule has 102 valence electrons. The number of carboxylic acid groups (broad SMARTS) is 1. The van der Waals surface area contributed by atoms with Crippen LogP contribution in [0.5, 0.6) is 0 Å². The molecule has 0 aliphatic carbocycles. The van der Waals surface area contributed by atoms with Gasteiger partial charge in [-0.25, -0.2) is 0 Å². The molecule has 0 aromatic carbocycles. The van der Waals surface area contributed by atoms with E-state index in [1.54, 1.807) is 11.8 Å². The predicted molar refractivity (Wildman–Crippen MR) is 70.5 cm³/mol. The Morgan fingerprint density at radius 2 is 2.11 bits per heavy atom. The monoisotopic (exact) mass is 272 g/mol. The minimum Gasteiger partial charge on any atom is -0.481 e. The van der Waals surface area contributed by atoms with E-state index in [2.05, 4.69) is 30.9 Å². The topological polar surface area (TPSA) is 76.2 Å². The fourth-order valence-electron chi connectivity index (χ4n) is 1.28. The van der Waals surface area contributed by atoms with Crippen LogP contribution < -0.4 is 0 Å². The van der Waals surface area contributed by atoms with Crippen molar-refractivity contribution in [3.8, 4) is 0 Å². The average Bonchev–Trinajstić information content (AvgIpc) is 2.68. The molecule has 0 saturated carbocycles.